The van der Waals surface area contributed by atoms with E-state index in [9.17, 15) is 4.79 Å². The van der Waals surface area contributed by atoms with Gasteiger partial charge in [-0.05, 0) is 38.1 Å². The van der Waals surface area contributed by atoms with E-state index in [2.05, 4.69) is 9.97 Å². The Labute approximate surface area is 156 Å². The molecule has 1 aromatic carbocycles. The summed E-state index contributed by atoms with van der Waals surface area (Å²) < 4.78 is 12.1. The summed E-state index contributed by atoms with van der Waals surface area (Å²) in [5.41, 5.74) is 2.97. The minimum Gasteiger partial charge on any atom is -0.497 e. The van der Waals surface area contributed by atoms with E-state index in [0.29, 0.717) is 34.2 Å². The molecule has 0 saturated carbocycles. The zero-order valence-corrected chi connectivity index (χ0v) is 15.9. The lowest BCUT2D eigenvalue weighted by atomic mass is 10.1. The first-order chi connectivity index (χ1) is 12.5. The molecule has 1 atom stereocenters. The molecule has 7 heteroatoms. The van der Waals surface area contributed by atoms with Crippen molar-refractivity contribution in [2.45, 2.75) is 26.5 Å². The summed E-state index contributed by atoms with van der Waals surface area (Å²) in [5, 5.41) is 0.541. The van der Waals surface area contributed by atoms with Gasteiger partial charge in [0.25, 0.3) is 5.56 Å². The Morgan fingerprint density at radius 1 is 1.23 bits per heavy atom. The number of halogens is 1. The number of methoxy groups -OCH3 is 2. The summed E-state index contributed by atoms with van der Waals surface area (Å²) in [7, 11) is 3.20. The van der Waals surface area contributed by atoms with E-state index in [1.807, 2.05) is 25.1 Å². The van der Waals surface area contributed by atoms with Crippen LogP contribution in [0.2, 0.25) is 5.02 Å². The average Bonchev–Trinajstić information content (AvgIpc) is 2.64. The third-order valence-corrected chi connectivity index (χ3v) is 4.62. The van der Waals surface area contributed by atoms with Crippen molar-refractivity contribution in [3.05, 3.63) is 51.5 Å². The predicted octanol–water partition coefficient (Wildman–Crippen LogP) is 3.46. The van der Waals surface area contributed by atoms with Crippen LogP contribution < -0.4 is 10.3 Å². The number of fused-ring (bicyclic) bond motifs is 1. The monoisotopic (exact) mass is 373 g/mol. The van der Waals surface area contributed by atoms with Gasteiger partial charge in [-0.1, -0.05) is 11.6 Å². The zero-order chi connectivity index (χ0) is 18.8. The first-order valence-corrected chi connectivity index (χ1v) is 8.57. The standard InChI is InChI=1S/C19H20ClN3O3/c1-11(25-3)10-23-18-17(22-12(2)19(23)24)15(7-8-21-18)14-6-5-13(26-4)9-16(14)20/h5-9,11H,10H2,1-4H3. The van der Waals surface area contributed by atoms with Crippen molar-refractivity contribution in [2.24, 2.45) is 0 Å². The molecule has 3 rings (SSSR count). The maximum Gasteiger partial charge on any atom is 0.273 e. The van der Waals surface area contributed by atoms with Gasteiger partial charge in [-0.15, -0.1) is 0 Å². The van der Waals surface area contributed by atoms with Crippen LogP contribution in [-0.4, -0.2) is 34.9 Å². The van der Waals surface area contributed by atoms with Crippen molar-refractivity contribution in [1.82, 2.24) is 14.5 Å². The lowest BCUT2D eigenvalue weighted by Gasteiger charge is -2.16. The van der Waals surface area contributed by atoms with Crippen molar-refractivity contribution in [3.8, 4) is 16.9 Å². The van der Waals surface area contributed by atoms with Crippen molar-refractivity contribution in [2.75, 3.05) is 14.2 Å². The van der Waals surface area contributed by atoms with E-state index >= 15 is 0 Å². The molecule has 0 N–H and O–H groups in total. The lowest BCUT2D eigenvalue weighted by molar-refractivity contribution is 0.103. The average molecular weight is 374 g/mol. The maximum atomic E-state index is 12.6. The molecule has 0 amide bonds. The molecule has 26 heavy (non-hydrogen) atoms. The Morgan fingerprint density at radius 3 is 2.65 bits per heavy atom. The molecule has 0 spiro atoms. The number of aryl methyl sites for hydroxylation is 1. The number of nitrogens with zero attached hydrogens (tertiary/aromatic N) is 3. The molecule has 1 unspecified atom stereocenters. The van der Waals surface area contributed by atoms with Gasteiger partial charge in [0.1, 0.15) is 17.0 Å². The SMILES string of the molecule is COc1ccc(-c2ccnc3c2nc(C)c(=O)n3CC(C)OC)c(Cl)c1. The third-order valence-electron chi connectivity index (χ3n) is 4.30. The van der Waals surface area contributed by atoms with Crippen LogP contribution in [0.4, 0.5) is 0 Å². The van der Waals surface area contributed by atoms with Crippen LogP contribution in [0.3, 0.4) is 0 Å². The summed E-state index contributed by atoms with van der Waals surface area (Å²) in [6.45, 7) is 3.99. The van der Waals surface area contributed by atoms with E-state index < -0.39 is 0 Å². The third kappa shape index (κ3) is 3.30. The molecule has 0 bridgehead atoms. The Kier molecular flexibility index (Phi) is 5.25. The number of benzene rings is 1. The van der Waals surface area contributed by atoms with E-state index in [-0.39, 0.29) is 11.7 Å². The second-order valence-corrected chi connectivity index (χ2v) is 6.44. The van der Waals surface area contributed by atoms with Crippen molar-refractivity contribution < 1.29 is 9.47 Å². The first kappa shape index (κ1) is 18.4. The molecule has 0 saturated heterocycles. The Morgan fingerprint density at radius 2 is 2.00 bits per heavy atom. The summed E-state index contributed by atoms with van der Waals surface area (Å²) >= 11 is 6.44. The lowest BCUT2D eigenvalue weighted by Crippen LogP contribution is -2.29. The second kappa shape index (κ2) is 7.43. The highest BCUT2D eigenvalue weighted by molar-refractivity contribution is 6.33. The minimum atomic E-state index is -0.174. The second-order valence-electron chi connectivity index (χ2n) is 6.04. The molecule has 0 aliphatic rings. The van der Waals surface area contributed by atoms with Crippen molar-refractivity contribution in [3.63, 3.8) is 0 Å². The highest BCUT2D eigenvalue weighted by atomic mass is 35.5. The number of rotatable bonds is 5. The zero-order valence-electron chi connectivity index (χ0n) is 15.1. The van der Waals surface area contributed by atoms with Crippen LogP contribution in [-0.2, 0) is 11.3 Å². The van der Waals surface area contributed by atoms with Gasteiger partial charge in [-0.2, -0.15) is 0 Å². The molecule has 2 aromatic heterocycles. The molecule has 2 heterocycles. The molecule has 0 aliphatic carbocycles. The Bertz CT molecular complexity index is 1020. The van der Waals surface area contributed by atoms with Crippen molar-refractivity contribution >= 4 is 22.8 Å². The number of ether oxygens (including phenoxy) is 2. The largest absolute Gasteiger partial charge is 0.497 e. The van der Waals surface area contributed by atoms with Gasteiger partial charge in [0, 0.05) is 24.4 Å². The van der Waals surface area contributed by atoms with Crippen LogP contribution in [0, 0.1) is 6.92 Å². The fourth-order valence-corrected chi connectivity index (χ4v) is 3.09. The number of hydrogen-bond donors (Lipinski definition) is 0. The molecule has 0 aliphatic heterocycles. The summed E-state index contributed by atoms with van der Waals surface area (Å²) in [6, 6.07) is 7.31. The predicted molar refractivity (Wildman–Crippen MR) is 102 cm³/mol. The number of aromatic nitrogens is 3. The molecule has 6 nitrogen and oxygen atoms in total. The minimum absolute atomic E-state index is 0.132. The Hall–Kier alpha value is -2.44. The molecule has 0 fully saturated rings. The molecule has 0 radical (unpaired) electrons. The van der Waals surface area contributed by atoms with Crippen LogP contribution in [0.25, 0.3) is 22.3 Å². The van der Waals surface area contributed by atoms with E-state index in [4.69, 9.17) is 21.1 Å². The molecule has 3 aromatic rings. The van der Waals surface area contributed by atoms with Crippen LogP contribution >= 0.6 is 11.6 Å². The molecular formula is C19H20ClN3O3. The summed E-state index contributed by atoms with van der Waals surface area (Å²) in [4.78, 5) is 21.5. The van der Waals surface area contributed by atoms with Crippen molar-refractivity contribution in [1.29, 1.82) is 0 Å². The van der Waals surface area contributed by atoms with Gasteiger partial charge in [0.2, 0.25) is 0 Å². The van der Waals surface area contributed by atoms with Gasteiger partial charge in [0.15, 0.2) is 5.65 Å². The number of pyridine rings is 1. The van der Waals surface area contributed by atoms with Gasteiger partial charge in [-0.25, -0.2) is 9.97 Å². The van der Waals surface area contributed by atoms with Crippen LogP contribution in [0.15, 0.2) is 35.3 Å². The maximum absolute atomic E-state index is 12.6. The van der Waals surface area contributed by atoms with Crippen LogP contribution in [0.1, 0.15) is 12.6 Å². The summed E-state index contributed by atoms with van der Waals surface area (Å²) in [5.74, 6) is 0.673. The van der Waals surface area contributed by atoms with Gasteiger partial charge in [-0.3, -0.25) is 9.36 Å². The van der Waals surface area contributed by atoms with Gasteiger partial charge in [0.05, 0.1) is 24.8 Å². The molecular weight excluding hydrogens is 354 g/mol. The van der Waals surface area contributed by atoms with Gasteiger partial charge < -0.3 is 9.47 Å². The topological polar surface area (TPSA) is 66.2 Å². The first-order valence-electron chi connectivity index (χ1n) is 8.19. The normalized spacial score (nSPS) is 12.3. The highest BCUT2D eigenvalue weighted by Crippen LogP contribution is 2.34. The fraction of sp³-hybridized carbons (Fsp3) is 0.316. The van der Waals surface area contributed by atoms with E-state index in [1.54, 1.807) is 38.0 Å². The fourth-order valence-electron chi connectivity index (χ4n) is 2.82. The molecule has 136 valence electrons. The van der Waals surface area contributed by atoms with E-state index in [0.717, 1.165) is 11.1 Å². The van der Waals surface area contributed by atoms with Gasteiger partial charge >= 0.3 is 0 Å². The van der Waals surface area contributed by atoms with Crippen LogP contribution in [0.5, 0.6) is 5.75 Å². The number of hydrogen-bond acceptors (Lipinski definition) is 5. The smallest absolute Gasteiger partial charge is 0.273 e. The Balaban J connectivity index is 2.28. The quantitative estimate of drug-likeness (QED) is 0.685. The summed E-state index contributed by atoms with van der Waals surface area (Å²) in [6.07, 6.45) is 1.52. The van der Waals surface area contributed by atoms with E-state index in [1.165, 1.54) is 0 Å². The highest BCUT2D eigenvalue weighted by Gasteiger charge is 2.16.